The van der Waals surface area contributed by atoms with Crippen LogP contribution < -0.4 is 11.1 Å². The smallest absolute Gasteiger partial charge is 0.208 e. The Morgan fingerprint density at radius 3 is 2.64 bits per heavy atom. The van der Waals surface area contributed by atoms with Crippen LogP contribution in [-0.4, -0.2) is 66.3 Å². The number of imidazole rings is 1. The van der Waals surface area contributed by atoms with Gasteiger partial charge in [-0.25, -0.2) is 15.0 Å². The second kappa shape index (κ2) is 8.70. The average Bonchev–Trinajstić information content (AvgIpc) is 3.17. The van der Waals surface area contributed by atoms with Gasteiger partial charge in [0.15, 0.2) is 23.2 Å². The first kappa shape index (κ1) is 20.3. The lowest BCUT2D eigenvalue weighted by Gasteiger charge is -2.19. The van der Waals surface area contributed by atoms with Crippen LogP contribution in [0, 0.1) is 11.8 Å². The second-order valence-electron chi connectivity index (χ2n) is 6.57. The van der Waals surface area contributed by atoms with Crippen molar-refractivity contribution in [3.8, 4) is 11.8 Å². The predicted molar refractivity (Wildman–Crippen MR) is 103 cm³/mol. The molecule has 0 aliphatic carbocycles. The number of nitrogens with one attached hydrogen (secondary N) is 1. The molecular formula is C18H26N6O4. The molecule has 0 aromatic carbocycles. The zero-order valence-electron chi connectivity index (χ0n) is 16.0. The average molecular weight is 390 g/mol. The maximum Gasteiger partial charge on any atom is 0.208 e. The Morgan fingerprint density at radius 1 is 1.21 bits per heavy atom. The van der Waals surface area contributed by atoms with Crippen molar-refractivity contribution in [1.82, 2.24) is 19.5 Å². The maximum absolute atomic E-state index is 10.5. The Bertz CT molecular complexity index is 890. The summed E-state index contributed by atoms with van der Waals surface area (Å²) >= 11 is 0. The fourth-order valence-electron chi connectivity index (χ4n) is 3.07. The molecule has 0 amide bonds. The van der Waals surface area contributed by atoms with Gasteiger partial charge in [0, 0.05) is 13.0 Å². The Kier molecular flexibility index (Phi) is 6.31. The highest BCUT2D eigenvalue weighted by molar-refractivity contribution is 5.84. The highest BCUT2D eigenvalue weighted by Gasteiger charge is 2.45. The second-order valence-corrected chi connectivity index (χ2v) is 6.57. The van der Waals surface area contributed by atoms with Crippen molar-refractivity contribution in [2.45, 2.75) is 57.6 Å². The summed E-state index contributed by atoms with van der Waals surface area (Å²) in [5, 5.41) is 33.0. The van der Waals surface area contributed by atoms with Crippen molar-refractivity contribution >= 4 is 22.9 Å². The number of unbranched alkanes of at least 4 members (excludes halogenated alkanes) is 2. The number of nitrogen functional groups attached to an aromatic ring is 1. The van der Waals surface area contributed by atoms with E-state index in [1.54, 1.807) is 0 Å². The molecule has 1 saturated heterocycles. The van der Waals surface area contributed by atoms with Crippen molar-refractivity contribution in [2.24, 2.45) is 0 Å². The molecule has 2 unspecified atom stereocenters. The predicted octanol–water partition coefficient (Wildman–Crippen LogP) is -0.00650. The van der Waals surface area contributed by atoms with Crippen molar-refractivity contribution < 1.29 is 20.1 Å². The number of aliphatic hydroxyl groups excluding tert-OH is 3. The number of hydrogen-bond donors (Lipinski definition) is 5. The first-order chi connectivity index (χ1) is 13.5. The van der Waals surface area contributed by atoms with E-state index in [4.69, 9.17) is 10.5 Å². The minimum Gasteiger partial charge on any atom is -0.394 e. The number of aromatic nitrogens is 4. The van der Waals surface area contributed by atoms with E-state index in [1.165, 1.54) is 4.57 Å². The first-order valence-corrected chi connectivity index (χ1v) is 9.42. The van der Waals surface area contributed by atoms with Crippen LogP contribution in [0.25, 0.3) is 11.2 Å². The summed E-state index contributed by atoms with van der Waals surface area (Å²) in [5.74, 6) is 6.70. The van der Waals surface area contributed by atoms with E-state index in [2.05, 4.69) is 39.0 Å². The molecule has 1 fully saturated rings. The lowest BCUT2D eigenvalue weighted by atomic mass is 10.1. The molecule has 2 aromatic heterocycles. The summed E-state index contributed by atoms with van der Waals surface area (Å²) in [7, 11) is 0. The Labute approximate surface area is 162 Å². The van der Waals surface area contributed by atoms with E-state index in [-0.39, 0.29) is 11.6 Å². The molecule has 28 heavy (non-hydrogen) atoms. The molecule has 10 nitrogen and oxygen atoms in total. The van der Waals surface area contributed by atoms with Crippen LogP contribution in [0.4, 0.5) is 11.8 Å². The van der Waals surface area contributed by atoms with Gasteiger partial charge in [-0.1, -0.05) is 19.3 Å². The van der Waals surface area contributed by atoms with Crippen LogP contribution in [-0.2, 0) is 4.74 Å². The zero-order valence-corrected chi connectivity index (χ0v) is 16.0. The summed E-state index contributed by atoms with van der Waals surface area (Å²) in [6.45, 7) is 4.10. The molecule has 3 rings (SSSR count). The number of ether oxygens (including phenoxy) is 1. The molecular weight excluding hydrogens is 364 g/mol. The Hall–Kier alpha value is -2.45. The number of fused-ring (bicyclic) bond motifs is 1. The van der Waals surface area contributed by atoms with Gasteiger partial charge in [-0.2, -0.15) is 0 Å². The molecule has 0 bridgehead atoms. The summed E-state index contributed by atoms with van der Waals surface area (Å²) < 4.78 is 7.19. The van der Waals surface area contributed by atoms with E-state index in [1.807, 2.05) is 6.92 Å². The van der Waals surface area contributed by atoms with Crippen molar-refractivity contribution in [1.29, 1.82) is 0 Å². The van der Waals surface area contributed by atoms with E-state index >= 15 is 0 Å². The van der Waals surface area contributed by atoms with Gasteiger partial charge in [-0.05, 0) is 19.3 Å². The third kappa shape index (κ3) is 3.74. The van der Waals surface area contributed by atoms with Crippen molar-refractivity contribution in [2.75, 3.05) is 24.2 Å². The van der Waals surface area contributed by atoms with Gasteiger partial charge < -0.3 is 31.1 Å². The number of anilines is 2. The number of nitrogens with zero attached hydrogens (tertiary/aromatic N) is 4. The Balaban J connectivity index is 2.09. The molecule has 152 valence electrons. The van der Waals surface area contributed by atoms with E-state index < -0.39 is 31.1 Å². The minimum absolute atomic E-state index is 0.162. The topological polar surface area (TPSA) is 152 Å². The van der Waals surface area contributed by atoms with Crippen LogP contribution in [0.2, 0.25) is 0 Å². The maximum atomic E-state index is 10.5. The summed E-state index contributed by atoms with van der Waals surface area (Å²) in [6, 6.07) is 0. The van der Waals surface area contributed by atoms with Gasteiger partial charge in [0.25, 0.3) is 0 Å². The fourth-order valence-corrected chi connectivity index (χ4v) is 3.07. The van der Waals surface area contributed by atoms with Gasteiger partial charge in [0.1, 0.15) is 18.3 Å². The highest BCUT2D eigenvalue weighted by Crippen LogP contribution is 2.35. The number of rotatable bonds is 6. The molecule has 2 aromatic rings. The monoisotopic (exact) mass is 390 g/mol. The van der Waals surface area contributed by atoms with Gasteiger partial charge in [0.05, 0.1) is 6.61 Å². The standard InChI is InChI=1S/C18H26N6O4/c1-3-5-6-7-8-11-21-15(19)12-16(22-11)24(18(23-12)20-4-2)17-14(27)13(26)10(9-25)28-17/h10,13-14,17,25-27H,3-6,9H2,1-2H3,(H,20,23)(H2,19,21,22)/t10-,13?,14?,17-/m1/s1. The van der Waals surface area contributed by atoms with Crippen LogP contribution in [0.1, 0.15) is 45.2 Å². The minimum atomic E-state index is -1.28. The van der Waals surface area contributed by atoms with Crippen LogP contribution in [0.15, 0.2) is 0 Å². The number of aliphatic hydroxyl groups is 3. The van der Waals surface area contributed by atoms with Crippen LogP contribution >= 0.6 is 0 Å². The van der Waals surface area contributed by atoms with Gasteiger partial charge in [-0.15, -0.1) is 0 Å². The summed E-state index contributed by atoms with van der Waals surface area (Å²) in [4.78, 5) is 13.1. The van der Waals surface area contributed by atoms with Gasteiger partial charge in [0.2, 0.25) is 11.8 Å². The molecule has 0 radical (unpaired) electrons. The van der Waals surface area contributed by atoms with E-state index in [0.717, 1.165) is 19.3 Å². The zero-order chi connectivity index (χ0) is 20.3. The van der Waals surface area contributed by atoms with Gasteiger partial charge >= 0.3 is 0 Å². The molecule has 6 N–H and O–H groups in total. The summed E-state index contributed by atoms with van der Waals surface area (Å²) in [6.07, 6.45) is -1.68. The molecule has 3 heterocycles. The SMILES string of the molecule is CCCCC#Cc1nc(N)c2nc(NCC)n([C@@H]3O[C@H](CO)C(O)C3O)c2n1. The summed E-state index contributed by atoms with van der Waals surface area (Å²) in [5.41, 5.74) is 6.74. The molecule has 10 heteroatoms. The third-order valence-corrected chi connectivity index (χ3v) is 4.53. The molecule has 4 atom stereocenters. The van der Waals surface area contributed by atoms with E-state index in [0.29, 0.717) is 23.7 Å². The highest BCUT2D eigenvalue weighted by atomic mass is 16.6. The fraction of sp³-hybridized carbons (Fsp3) is 0.611. The van der Waals surface area contributed by atoms with Crippen LogP contribution in [0.5, 0.6) is 0 Å². The number of nitrogens with two attached hydrogens (primary N) is 1. The van der Waals surface area contributed by atoms with Crippen molar-refractivity contribution in [3.05, 3.63) is 5.82 Å². The normalized spacial score (nSPS) is 24.3. The largest absolute Gasteiger partial charge is 0.394 e. The Morgan fingerprint density at radius 2 is 2.00 bits per heavy atom. The molecule has 1 aliphatic heterocycles. The quantitative estimate of drug-likeness (QED) is 0.339. The third-order valence-electron chi connectivity index (χ3n) is 4.53. The lowest BCUT2D eigenvalue weighted by molar-refractivity contribution is -0.0501. The molecule has 0 spiro atoms. The molecule has 1 aliphatic rings. The van der Waals surface area contributed by atoms with Gasteiger partial charge in [-0.3, -0.25) is 4.57 Å². The lowest BCUT2D eigenvalue weighted by Crippen LogP contribution is -2.33. The van der Waals surface area contributed by atoms with Crippen LogP contribution in [0.3, 0.4) is 0 Å². The molecule has 0 saturated carbocycles. The first-order valence-electron chi connectivity index (χ1n) is 9.42. The van der Waals surface area contributed by atoms with Crippen molar-refractivity contribution in [3.63, 3.8) is 0 Å². The van der Waals surface area contributed by atoms with E-state index in [9.17, 15) is 15.3 Å². The number of hydrogen-bond acceptors (Lipinski definition) is 9.